The highest BCUT2D eigenvalue weighted by molar-refractivity contribution is 7.18. The van der Waals surface area contributed by atoms with Crippen LogP contribution in [0.5, 0.6) is 0 Å². The van der Waals surface area contributed by atoms with Gasteiger partial charge in [-0.2, -0.15) is 13.2 Å². The van der Waals surface area contributed by atoms with Gasteiger partial charge in [0.1, 0.15) is 10.7 Å². The summed E-state index contributed by atoms with van der Waals surface area (Å²) < 4.78 is 36.3. The lowest BCUT2D eigenvalue weighted by molar-refractivity contribution is -0.0882. The molecule has 0 spiro atoms. The lowest BCUT2D eigenvalue weighted by Crippen LogP contribution is -2.22. The van der Waals surface area contributed by atoms with E-state index in [0.29, 0.717) is 11.3 Å². The van der Waals surface area contributed by atoms with Crippen LogP contribution in [0.1, 0.15) is 9.67 Å². The number of hydrogen-bond donors (Lipinski definition) is 1. The summed E-state index contributed by atoms with van der Waals surface area (Å²) in [6, 6.07) is 0. The molecule has 84 valence electrons. The molecule has 0 bridgehead atoms. The van der Waals surface area contributed by atoms with Gasteiger partial charge in [-0.15, -0.1) is 0 Å². The molecular formula is C7H8F3N3OS. The first-order valence-corrected chi connectivity index (χ1v) is 4.60. The Labute approximate surface area is 87.5 Å². The molecule has 1 aromatic heterocycles. The quantitative estimate of drug-likeness (QED) is 0.795. The van der Waals surface area contributed by atoms with Gasteiger partial charge in [-0.1, -0.05) is 11.3 Å². The molecule has 1 aromatic rings. The maximum atomic E-state index is 12.1. The molecule has 0 aliphatic carbocycles. The number of rotatable bonds is 2. The molecule has 0 aliphatic rings. The van der Waals surface area contributed by atoms with Gasteiger partial charge >= 0.3 is 6.18 Å². The summed E-state index contributed by atoms with van der Waals surface area (Å²) in [7, 11) is 3.19. The molecular weight excluding hydrogens is 231 g/mol. The van der Waals surface area contributed by atoms with Crippen molar-refractivity contribution >= 4 is 28.1 Å². The monoisotopic (exact) mass is 239 g/mol. The van der Waals surface area contributed by atoms with E-state index in [1.807, 2.05) is 0 Å². The third-order valence-electron chi connectivity index (χ3n) is 1.49. The lowest BCUT2D eigenvalue weighted by Gasteiger charge is -2.05. The van der Waals surface area contributed by atoms with E-state index in [0.717, 1.165) is 0 Å². The topological polar surface area (TPSA) is 59.2 Å². The highest BCUT2D eigenvalue weighted by atomic mass is 32.1. The Kier molecular flexibility index (Phi) is 2.89. The number of Topliss-reactive ketones (excluding diaryl/α,β-unsaturated/α-hetero) is 1. The van der Waals surface area contributed by atoms with Gasteiger partial charge in [-0.05, 0) is 0 Å². The second-order valence-corrected chi connectivity index (χ2v) is 3.91. The van der Waals surface area contributed by atoms with E-state index in [-0.39, 0.29) is 10.9 Å². The Balaban J connectivity index is 3.11. The largest absolute Gasteiger partial charge is 0.455 e. The first-order chi connectivity index (χ1) is 6.73. The molecule has 1 heterocycles. The zero-order chi connectivity index (χ0) is 11.8. The average molecular weight is 239 g/mol. The van der Waals surface area contributed by atoms with Crippen LogP contribution < -0.4 is 10.6 Å². The van der Waals surface area contributed by atoms with Gasteiger partial charge in [0, 0.05) is 14.1 Å². The maximum Gasteiger partial charge on any atom is 0.455 e. The van der Waals surface area contributed by atoms with Crippen molar-refractivity contribution in [1.29, 1.82) is 0 Å². The van der Waals surface area contributed by atoms with Crippen molar-refractivity contribution in [3.63, 3.8) is 0 Å². The predicted octanol–water partition coefficient (Wildman–Crippen LogP) is 1.54. The van der Waals surface area contributed by atoms with Gasteiger partial charge in [-0.3, -0.25) is 4.79 Å². The minimum Gasteiger partial charge on any atom is -0.382 e. The van der Waals surface area contributed by atoms with Gasteiger partial charge in [0.05, 0.1) is 0 Å². The zero-order valence-corrected chi connectivity index (χ0v) is 8.74. The van der Waals surface area contributed by atoms with Crippen molar-refractivity contribution in [3.8, 4) is 0 Å². The Bertz CT molecular complexity index is 385. The molecule has 1 rings (SSSR count). The fourth-order valence-electron chi connectivity index (χ4n) is 0.803. The molecule has 0 saturated carbocycles. The Morgan fingerprint density at radius 2 is 2.00 bits per heavy atom. The standard InChI is InChI=1S/C7H8F3N3OS/c1-13(2)6-12-5(11)3(15-6)4(14)7(8,9)10/h11H2,1-2H3. The molecule has 0 atom stereocenters. The number of anilines is 2. The van der Waals surface area contributed by atoms with Gasteiger partial charge in [0.25, 0.3) is 5.78 Å². The van der Waals surface area contributed by atoms with Crippen LogP contribution in [-0.4, -0.2) is 31.0 Å². The number of nitrogen functional groups attached to an aromatic ring is 1. The number of nitrogens with two attached hydrogens (primary N) is 1. The lowest BCUT2D eigenvalue weighted by atomic mass is 10.3. The van der Waals surface area contributed by atoms with Gasteiger partial charge in [-0.25, -0.2) is 4.98 Å². The minimum absolute atomic E-state index is 0.264. The van der Waals surface area contributed by atoms with Crippen molar-refractivity contribution in [3.05, 3.63) is 4.88 Å². The van der Waals surface area contributed by atoms with Gasteiger partial charge in [0.15, 0.2) is 5.13 Å². The predicted molar refractivity (Wildman–Crippen MR) is 51.2 cm³/mol. The van der Waals surface area contributed by atoms with E-state index in [2.05, 4.69) is 4.98 Å². The van der Waals surface area contributed by atoms with E-state index >= 15 is 0 Å². The van der Waals surface area contributed by atoms with Crippen molar-refractivity contribution in [2.45, 2.75) is 6.18 Å². The van der Waals surface area contributed by atoms with Gasteiger partial charge < -0.3 is 10.6 Å². The molecule has 0 unspecified atom stereocenters. The number of ketones is 1. The summed E-state index contributed by atoms with van der Waals surface area (Å²) in [5, 5.41) is 0.264. The van der Waals surface area contributed by atoms with Crippen LogP contribution in [0.2, 0.25) is 0 Å². The van der Waals surface area contributed by atoms with Crippen LogP contribution in [0.4, 0.5) is 24.1 Å². The molecule has 4 nitrogen and oxygen atoms in total. The van der Waals surface area contributed by atoms with Crippen LogP contribution >= 0.6 is 11.3 Å². The fraction of sp³-hybridized carbons (Fsp3) is 0.429. The summed E-state index contributed by atoms with van der Waals surface area (Å²) in [4.78, 5) is 15.4. The number of halogens is 3. The molecule has 0 saturated heterocycles. The average Bonchev–Trinajstić information content (AvgIpc) is 2.44. The first-order valence-electron chi connectivity index (χ1n) is 3.78. The van der Waals surface area contributed by atoms with Crippen LogP contribution in [0.15, 0.2) is 0 Å². The van der Waals surface area contributed by atoms with E-state index in [1.165, 1.54) is 4.90 Å². The first kappa shape index (κ1) is 11.8. The summed E-state index contributed by atoms with van der Waals surface area (Å²) in [5.41, 5.74) is 5.23. The Morgan fingerprint density at radius 3 is 2.33 bits per heavy atom. The SMILES string of the molecule is CN(C)c1nc(N)c(C(=O)C(F)(F)F)s1. The molecule has 0 amide bonds. The molecule has 0 fully saturated rings. The van der Waals surface area contributed by atoms with E-state index in [9.17, 15) is 18.0 Å². The van der Waals surface area contributed by atoms with Crippen LogP contribution in [0.3, 0.4) is 0 Å². The van der Waals surface area contributed by atoms with E-state index in [4.69, 9.17) is 5.73 Å². The molecule has 2 N–H and O–H groups in total. The second kappa shape index (κ2) is 3.69. The van der Waals surface area contributed by atoms with Gasteiger partial charge in [0.2, 0.25) is 0 Å². The maximum absolute atomic E-state index is 12.1. The number of hydrogen-bond acceptors (Lipinski definition) is 5. The number of carbonyl (C=O) groups excluding carboxylic acids is 1. The fourth-order valence-corrected chi connectivity index (χ4v) is 1.67. The highest BCUT2D eigenvalue weighted by Crippen LogP contribution is 2.32. The van der Waals surface area contributed by atoms with Crippen LogP contribution in [0, 0.1) is 0 Å². The smallest absolute Gasteiger partial charge is 0.382 e. The number of nitrogens with zero attached hydrogens (tertiary/aromatic N) is 2. The third-order valence-corrected chi connectivity index (χ3v) is 2.73. The Morgan fingerprint density at radius 1 is 1.47 bits per heavy atom. The number of aromatic nitrogens is 1. The summed E-state index contributed by atoms with van der Waals surface area (Å²) in [6.45, 7) is 0. The normalized spacial score (nSPS) is 11.5. The van der Waals surface area contributed by atoms with Crippen molar-refractivity contribution < 1.29 is 18.0 Å². The van der Waals surface area contributed by atoms with Crippen molar-refractivity contribution in [2.24, 2.45) is 0 Å². The van der Waals surface area contributed by atoms with Crippen LogP contribution in [-0.2, 0) is 0 Å². The second-order valence-electron chi connectivity index (χ2n) is 2.93. The summed E-state index contributed by atoms with van der Waals surface area (Å²) in [6.07, 6.45) is -4.91. The summed E-state index contributed by atoms with van der Waals surface area (Å²) in [5.74, 6) is -2.34. The van der Waals surface area contributed by atoms with Crippen LogP contribution in [0.25, 0.3) is 0 Å². The molecule has 8 heteroatoms. The molecule has 0 aliphatic heterocycles. The zero-order valence-electron chi connectivity index (χ0n) is 7.92. The minimum atomic E-state index is -4.91. The molecule has 15 heavy (non-hydrogen) atoms. The third kappa shape index (κ3) is 2.38. The molecule has 0 aromatic carbocycles. The number of carbonyl (C=O) groups is 1. The van der Waals surface area contributed by atoms with Crippen molar-refractivity contribution in [1.82, 2.24) is 4.98 Å². The van der Waals surface area contributed by atoms with E-state index in [1.54, 1.807) is 14.1 Å². The molecule has 0 radical (unpaired) electrons. The Hall–Kier alpha value is -1.31. The summed E-state index contributed by atoms with van der Waals surface area (Å²) >= 11 is 0.623. The number of thiazole rings is 1. The number of alkyl halides is 3. The highest BCUT2D eigenvalue weighted by Gasteiger charge is 2.42. The van der Waals surface area contributed by atoms with E-state index < -0.39 is 16.8 Å². The van der Waals surface area contributed by atoms with Crippen molar-refractivity contribution in [2.75, 3.05) is 24.7 Å².